The van der Waals surface area contributed by atoms with E-state index < -0.39 is 11.6 Å². The number of benzene rings is 1. The van der Waals surface area contributed by atoms with Crippen LogP contribution in [0.15, 0.2) is 12.1 Å². The SMILES string of the molecule is COC12CC[C@@]3(CC1CNC(=O)CCCCC(=O)O)[C@H]1Cc4ccc(O)c5c4[C@@]3(CCN1CC1CC1)C2O5. The lowest BCUT2D eigenvalue weighted by molar-refractivity contribution is -0.276. The highest BCUT2D eigenvalue weighted by Gasteiger charge is 2.80. The number of phenolic OH excluding ortho intramolecular Hbond substituents is 1. The van der Waals surface area contributed by atoms with Crippen LogP contribution in [-0.4, -0.2) is 71.5 Å². The average Bonchev–Trinajstić information content (AvgIpc) is 3.65. The van der Waals surface area contributed by atoms with Gasteiger partial charge in [-0.2, -0.15) is 0 Å². The molecular formula is C30H40N2O6. The molecule has 2 spiro atoms. The summed E-state index contributed by atoms with van der Waals surface area (Å²) < 4.78 is 13.3. The summed E-state index contributed by atoms with van der Waals surface area (Å²) in [7, 11) is 1.80. The van der Waals surface area contributed by atoms with Crippen molar-refractivity contribution in [3.63, 3.8) is 0 Å². The van der Waals surface area contributed by atoms with Gasteiger partial charge in [0.05, 0.1) is 0 Å². The molecule has 4 bridgehead atoms. The number of fused-ring (bicyclic) bond motifs is 2. The van der Waals surface area contributed by atoms with Crippen molar-refractivity contribution in [1.29, 1.82) is 0 Å². The van der Waals surface area contributed by atoms with Crippen molar-refractivity contribution in [2.75, 3.05) is 26.7 Å². The first kappa shape index (κ1) is 24.7. The Morgan fingerprint density at radius 3 is 2.76 bits per heavy atom. The van der Waals surface area contributed by atoms with Gasteiger partial charge in [-0.3, -0.25) is 14.5 Å². The molecule has 3 unspecified atom stereocenters. The van der Waals surface area contributed by atoms with E-state index in [2.05, 4.69) is 16.3 Å². The van der Waals surface area contributed by atoms with Crippen LogP contribution in [0.2, 0.25) is 0 Å². The average molecular weight is 525 g/mol. The summed E-state index contributed by atoms with van der Waals surface area (Å²) in [6.07, 6.45) is 9.03. The molecule has 1 aromatic carbocycles. The molecule has 8 rings (SSSR count). The molecule has 7 aliphatic rings. The van der Waals surface area contributed by atoms with Crippen molar-refractivity contribution in [3.8, 4) is 11.5 Å². The van der Waals surface area contributed by atoms with Gasteiger partial charge in [-0.1, -0.05) is 6.07 Å². The number of carbonyl (C=O) groups is 2. The Kier molecular flexibility index (Phi) is 5.58. The van der Waals surface area contributed by atoms with Crippen LogP contribution >= 0.6 is 0 Å². The molecular weight excluding hydrogens is 484 g/mol. The summed E-state index contributed by atoms with van der Waals surface area (Å²) in [4.78, 5) is 26.3. The fraction of sp³-hybridized carbons (Fsp3) is 0.733. The lowest BCUT2D eigenvalue weighted by atomic mass is 9.35. The van der Waals surface area contributed by atoms with E-state index in [9.17, 15) is 14.7 Å². The number of hydrogen-bond donors (Lipinski definition) is 3. The highest BCUT2D eigenvalue weighted by atomic mass is 16.6. The quantitative estimate of drug-likeness (QED) is 0.403. The molecule has 0 aromatic heterocycles. The number of unbranched alkanes of at least 4 members (excludes halogenated alkanes) is 1. The van der Waals surface area contributed by atoms with Gasteiger partial charge in [-0.25, -0.2) is 0 Å². The van der Waals surface area contributed by atoms with Crippen LogP contribution < -0.4 is 10.1 Å². The monoisotopic (exact) mass is 524 g/mol. The maximum Gasteiger partial charge on any atom is 0.303 e. The zero-order chi connectivity index (χ0) is 26.3. The topological polar surface area (TPSA) is 108 Å². The van der Waals surface area contributed by atoms with Crippen LogP contribution in [0.5, 0.6) is 11.5 Å². The molecule has 0 radical (unpaired) electrons. The highest BCUT2D eigenvalue weighted by Crippen LogP contribution is 2.76. The van der Waals surface area contributed by atoms with Crippen molar-refractivity contribution in [2.24, 2.45) is 17.3 Å². The third-order valence-electron chi connectivity index (χ3n) is 11.4. The largest absolute Gasteiger partial charge is 0.504 e. The summed E-state index contributed by atoms with van der Waals surface area (Å²) in [5.74, 6) is 1.01. The van der Waals surface area contributed by atoms with Gasteiger partial charge in [0, 0.05) is 61.4 Å². The molecule has 1 saturated heterocycles. The molecule has 206 valence electrons. The Balaban J connectivity index is 1.22. The summed E-state index contributed by atoms with van der Waals surface area (Å²) in [6.45, 7) is 2.78. The molecule has 2 aliphatic heterocycles. The number of nitrogens with zero attached hydrogens (tertiary/aromatic N) is 1. The van der Waals surface area contributed by atoms with E-state index in [0.717, 1.165) is 44.6 Å². The molecule has 5 aliphatic carbocycles. The maximum atomic E-state index is 12.7. The molecule has 1 aromatic rings. The number of aromatic hydroxyl groups is 1. The van der Waals surface area contributed by atoms with Gasteiger partial charge in [0.15, 0.2) is 11.5 Å². The maximum absolute atomic E-state index is 12.7. The van der Waals surface area contributed by atoms with Gasteiger partial charge in [-0.15, -0.1) is 0 Å². The van der Waals surface area contributed by atoms with Crippen molar-refractivity contribution >= 4 is 11.9 Å². The first-order valence-corrected chi connectivity index (χ1v) is 14.6. The van der Waals surface area contributed by atoms with Gasteiger partial charge >= 0.3 is 5.97 Å². The smallest absolute Gasteiger partial charge is 0.303 e. The number of methoxy groups -OCH3 is 1. The van der Waals surface area contributed by atoms with Crippen LogP contribution in [-0.2, 0) is 26.2 Å². The van der Waals surface area contributed by atoms with Crippen LogP contribution in [0.3, 0.4) is 0 Å². The Labute approximate surface area is 224 Å². The number of amides is 1. The van der Waals surface area contributed by atoms with E-state index in [0.29, 0.717) is 37.6 Å². The normalized spacial score (nSPS) is 38.0. The predicted octanol–water partition coefficient (Wildman–Crippen LogP) is 3.38. The third-order valence-corrected chi connectivity index (χ3v) is 11.4. The summed E-state index contributed by atoms with van der Waals surface area (Å²) in [5, 5.41) is 23.0. The predicted molar refractivity (Wildman–Crippen MR) is 139 cm³/mol. The van der Waals surface area contributed by atoms with E-state index in [4.69, 9.17) is 14.6 Å². The van der Waals surface area contributed by atoms with Crippen LogP contribution in [0.1, 0.15) is 75.3 Å². The Hall–Kier alpha value is -2.32. The number of likely N-dealkylation sites (tertiary alicyclic amines) is 1. The van der Waals surface area contributed by atoms with Crippen LogP contribution in [0.4, 0.5) is 0 Å². The van der Waals surface area contributed by atoms with E-state index in [1.807, 2.05) is 6.07 Å². The second-order valence-electron chi connectivity index (χ2n) is 12.9. The zero-order valence-electron chi connectivity index (χ0n) is 22.3. The molecule has 1 amide bonds. The van der Waals surface area contributed by atoms with Gasteiger partial charge < -0.3 is 25.0 Å². The molecule has 5 fully saturated rings. The minimum absolute atomic E-state index is 0.0231. The summed E-state index contributed by atoms with van der Waals surface area (Å²) >= 11 is 0. The Bertz CT molecular complexity index is 1170. The number of aliphatic carboxylic acids is 1. The van der Waals surface area contributed by atoms with E-state index in [-0.39, 0.29) is 40.9 Å². The molecule has 38 heavy (non-hydrogen) atoms. The fourth-order valence-corrected chi connectivity index (χ4v) is 9.68. The summed E-state index contributed by atoms with van der Waals surface area (Å²) in [6, 6.07) is 4.38. The lowest BCUT2D eigenvalue weighted by Crippen LogP contribution is -2.81. The van der Waals surface area contributed by atoms with Gasteiger partial charge in [0.2, 0.25) is 5.91 Å². The van der Waals surface area contributed by atoms with E-state index in [1.165, 1.54) is 30.5 Å². The zero-order valence-corrected chi connectivity index (χ0v) is 22.3. The molecule has 4 saturated carbocycles. The lowest BCUT2D eigenvalue weighted by Gasteiger charge is -2.74. The number of hydrogen-bond acceptors (Lipinski definition) is 6. The molecule has 2 heterocycles. The summed E-state index contributed by atoms with van der Waals surface area (Å²) in [5.41, 5.74) is 1.94. The number of nitrogens with one attached hydrogen (secondary N) is 1. The second-order valence-corrected chi connectivity index (χ2v) is 12.9. The molecule has 8 heteroatoms. The highest BCUT2D eigenvalue weighted by molar-refractivity contribution is 5.76. The van der Waals surface area contributed by atoms with Gasteiger partial charge in [0.1, 0.15) is 11.7 Å². The van der Waals surface area contributed by atoms with Crippen molar-refractivity contribution in [1.82, 2.24) is 10.2 Å². The number of carbonyl (C=O) groups excluding carboxylic acids is 1. The van der Waals surface area contributed by atoms with Crippen molar-refractivity contribution < 1.29 is 29.3 Å². The second kappa shape index (κ2) is 8.59. The van der Waals surface area contributed by atoms with Crippen LogP contribution in [0, 0.1) is 17.3 Å². The first-order chi connectivity index (χ1) is 18.3. The van der Waals surface area contributed by atoms with Crippen molar-refractivity contribution in [3.05, 3.63) is 23.3 Å². The number of carboxylic acid groups (broad SMARTS) is 1. The first-order valence-electron chi connectivity index (χ1n) is 14.6. The van der Waals surface area contributed by atoms with E-state index >= 15 is 0 Å². The van der Waals surface area contributed by atoms with E-state index in [1.54, 1.807) is 7.11 Å². The Morgan fingerprint density at radius 2 is 2.00 bits per heavy atom. The fourth-order valence-electron chi connectivity index (χ4n) is 9.68. The number of carboxylic acids is 1. The third kappa shape index (κ3) is 3.22. The molecule has 8 nitrogen and oxygen atoms in total. The Morgan fingerprint density at radius 1 is 1.18 bits per heavy atom. The molecule has 3 N–H and O–H groups in total. The number of ether oxygens (including phenoxy) is 2. The van der Waals surface area contributed by atoms with Crippen LogP contribution in [0.25, 0.3) is 0 Å². The number of piperidine rings is 1. The van der Waals surface area contributed by atoms with Gasteiger partial charge in [0.25, 0.3) is 0 Å². The minimum atomic E-state index is -0.820. The standard InChI is InChI=1S/C30H40N2O6/c1-37-30-11-10-28(15-20(30)16-31-23(34)4-2-3-5-24(35)36)22-14-19-8-9-21(33)26-25(19)29(28,27(30)38-26)12-13-32(22)17-18-6-7-18/h8-9,18,20,22,27,33H,2-7,10-17H2,1H3,(H,31,34)(H,35,36)/t20?,22-,27?,28-,29+,30?/m1/s1. The molecule has 6 atom stereocenters. The minimum Gasteiger partial charge on any atom is -0.504 e. The number of phenols is 1. The number of rotatable bonds is 10. The van der Waals surface area contributed by atoms with Crippen molar-refractivity contribution in [2.45, 2.75) is 93.8 Å². The van der Waals surface area contributed by atoms with Gasteiger partial charge in [-0.05, 0) is 81.9 Å².